The molecule has 0 bridgehead atoms. The molecule has 2 heterocycles. The fourth-order valence-electron chi connectivity index (χ4n) is 2.59. The molecule has 1 aromatic carbocycles. The quantitative estimate of drug-likeness (QED) is 0.774. The van der Waals surface area contributed by atoms with Crippen LogP contribution in [-0.4, -0.2) is 40.2 Å². The van der Waals surface area contributed by atoms with Crippen molar-refractivity contribution in [1.29, 1.82) is 0 Å². The summed E-state index contributed by atoms with van der Waals surface area (Å²) >= 11 is 0. The first-order valence-corrected chi connectivity index (χ1v) is 7.30. The lowest BCUT2D eigenvalue weighted by atomic mass is 10.1. The molecule has 1 aliphatic heterocycles. The van der Waals surface area contributed by atoms with E-state index in [0.717, 1.165) is 18.5 Å². The summed E-state index contributed by atoms with van der Waals surface area (Å²) in [6.07, 6.45) is 4.90. The topological polar surface area (TPSA) is 82.7 Å². The summed E-state index contributed by atoms with van der Waals surface area (Å²) in [7, 11) is 0. The van der Waals surface area contributed by atoms with E-state index in [0.29, 0.717) is 24.0 Å². The highest BCUT2D eigenvalue weighted by Gasteiger charge is 2.14. The van der Waals surface area contributed by atoms with Gasteiger partial charge in [-0.15, -0.1) is 0 Å². The number of benzene rings is 1. The van der Waals surface area contributed by atoms with Crippen molar-refractivity contribution < 1.29 is 4.79 Å². The van der Waals surface area contributed by atoms with Crippen LogP contribution in [0.1, 0.15) is 29.6 Å². The molecular weight excluding hydrogens is 266 g/mol. The number of aromatic amines is 1. The molecule has 6 nitrogen and oxygen atoms in total. The van der Waals surface area contributed by atoms with E-state index in [4.69, 9.17) is 0 Å². The van der Waals surface area contributed by atoms with Crippen LogP contribution in [0.3, 0.4) is 0 Å². The van der Waals surface area contributed by atoms with Gasteiger partial charge in [0.15, 0.2) is 5.82 Å². The Balaban J connectivity index is 1.52. The van der Waals surface area contributed by atoms with Crippen LogP contribution in [0.5, 0.6) is 0 Å². The predicted octanol–water partition coefficient (Wildman–Crippen LogP) is 1.34. The summed E-state index contributed by atoms with van der Waals surface area (Å²) in [4.78, 5) is 16.1. The van der Waals surface area contributed by atoms with Crippen LogP contribution in [0.4, 0.5) is 0 Å². The minimum Gasteiger partial charge on any atom is -0.352 e. The number of amides is 1. The zero-order valence-corrected chi connectivity index (χ0v) is 11.8. The maximum Gasteiger partial charge on any atom is 0.251 e. The molecule has 1 atom stereocenters. The molecule has 0 saturated carbocycles. The number of hydrogen-bond donors (Lipinski definition) is 3. The molecular formula is C15H19N5O. The van der Waals surface area contributed by atoms with E-state index in [1.165, 1.54) is 19.2 Å². The van der Waals surface area contributed by atoms with Gasteiger partial charge in [0.25, 0.3) is 5.91 Å². The summed E-state index contributed by atoms with van der Waals surface area (Å²) in [5.41, 5.74) is 1.58. The molecule has 0 radical (unpaired) electrons. The van der Waals surface area contributed by atoms with Crippen LogP contribution in [-0.2, 0) is 0 Å². The van der Waals surface area contributed by atoms with E-state index in [9.17, 15) is 4.79 Å². The highest BCUT2D eigenvalue weighted by atomic mass is 16.1. The molecule has 21 heavy (non-hydrogen) atoms. The molecule has 0 aliphatic carbocycles. The van der Waals surface area contributed by atoms with Crippen LogP contribution < -0.4 is 10.6 Å². The van der Waals surface area contributed by atoms with Crippen molar-refractivity contribution in [1.82, 2.24) is 25.8 Å². The average molecular weight is 285 g/mol. The van der Waals surface area contributed by atoms with Crippen molar-refractivity contribution in [2.45, 2.75) is 25.3 Å². The zero-order valence-electron chi connectivity index (χ0n) is 11.8. The zero-order chi connectivity index (χ0) is 14.5. The van der Waals surface area contributed by atoms with Gasteiger partial charge in [-0.1, -0.05) is 12.1 Å². The lowest BCUT2D eigenvalue weighted by Gasteiger charge is -2.10. The van der Waals surface area contributed by atoms with Gasteiger partial charge in [0.05, 0.1) is 0 Å². The molecule has 0 spiro atoms. The third-order valence-electron chi connectivity index (χ3n) is 3.78. The fraction of sp³-hybridized carbons (Fsp3) is 0.400. The number of carbonyl (C=O) groups excluding carboxylic acids is 1. The largest absolute Gasteiger partial charge is 0.352 e. The van der Waals surface area contributed by atoms with Gasteiger partial charge in [0.2, 0.25) is 0 Å². The minimum atomic E-state index is -0.0304. The molecule has 1 saturated heterocycles. The summed E-state index contributed by atoms with van der Waals surface area (Å²) in [6, 6.07) is 7.91. The van der Waals surface area contributed by atoms with Crippen molar-refractivity contribution in [3.8, 4) is 11.4 Å². The van der Waals surface area contributed by atoms with Gasteiger partial charge in [-0.25, -0.2) is 4.98 Å². The Labute approximate surface area is 123 Å². The van der Waals surface area contributed by atoms with Crippen LogP contribution in [0.25, 0.3) is 11.4 Å². The monoisotopic (exact) mass is 285 g/mol. The van der Waals surface area contributed by atoms with E-state index in [-0.39, 0.29) is 5.91 Å². The van der Waals surface area contributed by atoms with E-state index >= 15 is 0 Å². The van der Waals surface area contributed by atoms with Gasteiger partial charge >= 0.3 is 0 Å². The molecule has 1 amide bonds. The van der Waals surface area contributed by atoms with Gasteiger partial charge in [-0.2, -0.15) is 5.10 Å². The summed E-state index contributed by atoms with van der Waals surface area (Å²) in [5, 5.41) is 13.0. The Bertz CT molecular complexity index is 573. The van der Waals surface area contributed by atoms with Crippen LogP contribution in [0.15, 0.2) is 30.6 Å². The molecule has 2 aromatic rings. The number of hydrogen-bond acceptors (Lipinski definition) is 4. The van der Waals surface area contributed by atoms with Crippen LogP contribution >= 0.6 is 0 Å². The number of carbonyl (C=O) groups is 1. The maximum atomic E-state index is 12.0. The third kappa shape index (κ3) is 3.46. The summed E-state index contributed by atoms with van der Waals surface area (Å²) in [5.74, 6) is 0.673. The first kappa shape index (κ1) is 13.8. The highest BCUT2D eigenvalue weighted by Crippen LogP contribution is 2.14. The van der Waals surface area contributed by atoms with Crippen LogP contribution in [0, 0.1) is 0 Å². The lowest BCUT2D eigenvalue weighted by Crippen LogP contribution is -2.30. The Morgan fingerprint density at radius 3 is 2.86 bits per heavy atom. The summed E-state index contributed by atoms with van der Waals surface area (Å²) < 4.78 is 0. The van der Waals surface area contributed by atoms with Crippen molar-refractivity contribution in [2.24, 2.45) is 0 Å². The molecule has 1 fully saturated rings. The standard InChI is InChI=1S/C15H19N5O/c21-15(17-9-7-13-2-1-8-16-13)12-5-3-11(4-6-12)14-18-10-19-20-14/h3-6,10,13,16H,1-2,7-9H2,(H,17,21)(H,18,19,20)/t13-/m0/s1. The van der Waals surface area contributed by atoms with E-state index in [2.05, 4.69) is 25.8 Å². The number of rotatable bonds is 5. The van der Waals surface area contributed by atoms with Crippen molar-refractivity contribution in [3.63, 3.8) is 0 Å². The smallest absolute Gasteiger partial charge is 0.251 e. The average Bonchev–Trinajstić information content (AvgIpc) is 3.21. The maximum absolute atomic E-state index is 12.0. The summed E-state index contributed by atoms with van der Waals surface area (Å²) in [6.45, 7) is 1.81. The third-order valence-corrected chi connectivity index (χ3v) is 3.78. The normalized spacial score (nSPS) is 17.8. The number of H-pyrrole nitrogens is 1. The molecule has 3 rings (SSSR count). The fourth-order valence-corrected chi connectivity index (χ4v) is 2.59. The second-order valence-corrected chi connectivity index (χ2v) is 5.25. The van der Waals surface area contributed by atoms with Gasteiger partial charge in [0.1, 0.15) is 6.33 Å². The van der Waals surface area contributed by atoms with Crippen molar-refractivity contribution >= 4 is 5.91 Å². The Hall–Kier alpha value is -2.21. The Morgan fingerprint density at radius 2 is 2.19 bits per heavy atom. The van der Waals surface area contributed by atoms with Gasteiger partial charge < -0.3 is 10.6 Å². The molecule has 6 heteroatoms. The molecule has 0 unspecified atom stereocenters. The predicted molar refractivity (Wildman–Crippen MR) is 79.8 cm³/mol. The van der Waals surface area contributed by atoms with Gasteiger partial charge in [0, 0.05) is 23.7 Å². The molecule has 1 aromatic heterocycles. The van der Waals surface area contributed by atoms with E-state index in [1.54, 1.807) is 12.1 Å². The number of nitrogens with zero attached hydrogens (tertiary/aromatic N) is 2. The number of nitrogens with one attached hydrogen (secondary N) is 3. The second-order valence-electron chi connectivity index (χ2n) is 5.25. The molecule has 1 aliphatic rings. The first-order valence-electron chi connectivity index (χ1n) is 7.30. The van der Waals surface area contributed by atoms with Crippen molar-refractivity contribution in [3.05, 3.63) is 36.2 Å². The minimum absolute atomic E-state index is 0.0304. The SMILES string of the molecule is O=C(NCC[C@@H]1CCCN1)c1ccc(-c2ncn[nH]2)cc1. The van der Waals surface area contributed by atoms with E-state index in [1.807, 2.05) is 12.1 Å². The lowest BCUT2D eigenvalue weighted by molar-refractivity contribution is 0.0952. The van der Waals surface area contributed by atoms with Crippen LogP contribution in [0.2, 0.25) is 0 Å². The molecule has 3 N–H and O–H groups in total. The van der Waals surface area contributed by atoms with Gasteiger partial charge in [-0.3, -0.25) is 9.89 Å². The highest BCUT2D eigenvalue weighted by molar-refractivity contribution is 5.94. The second kappa shape index (κ2) is 6.49. The number of aromatic nitrogens is 3. The first-order chi connectivity index (χ1) is 10.3. The van der Waals surface area contributed by atoms with E-state index < -0.39 is 0 Å². The van der Waals surface area contributed by atoms with Crippen molar-refractivity contribution in [2.75, 3.05) is 13.1 Å². The molecule has 110 valence electrons. The Kier molecular flexibility index (Phi) is 4.25. The van der Waals surface area contributed by atoms with Gasteiger partial charge in [-0.05, 0) is 37.9 Å². The Morgan fingerprint density at radius 1 is 1.33 bits per heavy atom.